The van der Waals surface area contributed by atoms with Gasteiger partial charge >= 0.3 is 0 Å². The molecule has 0 unspecified atom stereocenters. The van der Waals surface area contributed by atoms with E-state index in [1.807, 2.05) is 6.92 Å². The van der Waals surface area contributed by atoms with Crippen LogP contribution in [0.1, 0.15) is 12.8 Å². The van der Waals surface area contributed by atoms with Gasteiger partial charge in [-0.15, -0.1) is 0 Å². The Bertz CT molecular complexity index is 525. The largest absolute Gasteiger partial charge is 0.441 e. The van der Waals surface area contributed by atoms with E-state index in [1.54, 1.807) is 0 Å². The second kappa shape index (κ2) is 5.73. The van der Waals surface area contributed by atoms with Crippen LogP contribution in [0, 0.1) is 11.6 Å². The molecule has 2 aromatic rings. The first-order valence-electron chi connectivity index (χ1n) is 5.81. The lowest BCUT2D eigenvalue weighted by Crippen LogP contribution is -2.16. The molecule has 3 nitrogen and oxygen atoms in total. The molecule has 96 valence electrons. The molecule has 1 aromatic carbocycles. The Morgan fingerprint density at radius 1 is 1.33 bits per heavy atom. The number of likely N-dealkylation sites (N-methyl/N-ethyl adjacent to an activating group) is 1. The maximum Gasteiger partial charge on any atom is 0.196 e. The molecule has 2 rings (SSSR count). The molecule has 0 aliphatic carbocycles. The summed E-state index contributed by atoms with van der Waals surface area (Å²) in [6, 6.07) is 3.37. The Labute approximate surface area is 104 Å². The van der Waals surface area contributed by atoms with Gasteiger partial charge in [0.05, 0.1) is 11.8 Å². The fraction of sp³-hybridized carbons (Fsp3) is 0.308. The second-order valence-corrected chi connectivity index (χ2v) is 3.85. The van der Waals surface area contributed by atoms with E-state index >= 15 is 0 Å². The zero-order chi connectivity index (χ0) is 13.0. The topological polar surface area (TPSA) is 38.1 Å². The molecule has 1 N–H and O–H groups in total. The molecule has 0 saturated carbocycles. The Balaban J connectivity index is 2.13. The van der Waals surface area contributed by atoms with Crippen molar-refractivity contribution in [2.24, 2.45) is 0 Å². The van der Waals surface area contributed by atoms with Gasteiger partial charge < -0.3 is 9.73 Å². The molecule has 0 spiro atoms. The van der Waals surface area contributed by atoms with Gasteiger partial charge in [-0.1, -0.05) is 6.92 Å². The van der Waals surface area contributed by atoms with Crippen molar-refractivity contribution in [2.45, 2.75) is 13.3 Å². The molecular formula is C13H14F2N2O. The molecular weight excluding hydrogens is 238 g/mol. The minimum Gasteiger partial charge on any atom is -0.441 e. The van der Waals surface area contributed by atoms with Crippen LogP contribution in [0.2, 0.25) is 0 Å². The van der Waals surface area contributed by atoms with E-state index in [2.05, 4.69) is 10.3 Å². The van der Waals surface area contributed by atoms with Crippen molar-refractivity contribution in [2.75, 3.05) is 13.1 Å². The number of nitrogens with one attached hydrogen (secondary N) is 1. The number of oxazole rings is 1. The third-order valence-corrected chi connectivity index (χ3v) is 2.52. The van der Waals surface area contributed by atoms with Gasteiger partial charge in [0, 0.05) is 19.0 Å². The minimum atomic E-state index is -0.649. The Morgan fingerprint density at radius 3 is 2.89 bits per heavy atom. The molecule has 0 atom stereocenters. The van der Waals surface area contributed by atoms with Gasteiger partial charge in [-0.25, -0.2) is 13.8 Å². The second-order valence-electron chi connectivity index (χ2n) is 3.85. The minimum absolute atomic E-state index is 0.221. The van der Waals surface area contributed by atoms with E-state index in [0.29, 0.717) is 18.1 Å². The van der Waals surface area contributed by atoms with Gasteiger partial charge in [-0.05, 0) is 18.7 Å². The maximum absolute atomic E-state index is 13.5. The molecule has 0 fully saturated rings. The molecule has 0 bridgehead atoms. The van der Waals surface area contributed by atoms with Gasteiger partial charge in [0.25, 0.3) is 0 Å². The lowest BCUT2D eigenvalue weighted by Gasteiger charge is -1.99. The highest BCUT2D eigenvalue weighted by molar-refractivity contribution is 5.57. The van der Waals surface area contributed by atoms with Crippen molar-refractivity contribution in [3.05, 3.63) is 41.9 Å². The van der Waals surface area contributed by atoms with Crippen LogP contribution in [0.3, 0.4) is 0 Å². The van der Waals surface area contributed by atoms with Crippen LogP contribution in [-0.2, 0) is 6.42 Å². The van der Waals surface area contributed by atoms with E-state index in [1.165, 1.54) is 18.3 Å². The van der Waals surface area contributed by atoms with Crippen molar-refractivity contribution >= 4 is 0 Å². The lowest BCUT2D eigenvalue weighted by atomic mass is 10.2. The average molecular weight is 252 g/mol. The van der Waals surface area contributed by atoms with Crippen molar-refractivity contribution in [3.63, 3.8) is 0 Å². The number of hydrogen-bond donors (Lipinski definition) is 1. The summed E-state index contributed by atoms with van der Waals surface area (Å²) in [7, 11) is 0. The molecule has 1 heterocycles. The highest BCUT2D eigenvalue weighted by atomic mass is 19.1. The zero-order valence-corrected chi connectivity index (χ0v) is 10.0. The molecule has 0 aliphatic rings. The SMILES string of the molecule is CCNCCc1ncc(-c2ccc(F)cc2F)o1. The third-order valence-electron chi connectivity index (χ3n) is 2.52. The monoisotopic (exact) mass is 252 g/mol. The predicted molar refractivity (Wildman–Crippen MR) is 64.1 cm³/mol. The summed E-state index contributed by atoms with van der Waals surface area (Å²) < 4.78 is 31.7. The summed E-state index contributed by atoms with van der Waals surface area (Å²) in [5.41, 5.74) is 0.221. The first-order chi connectivity index (χ1) is 8.70. The van der Waals surface area contributed by atoms with E-state index < -0.39 is 11.6 Å². The molecule has 0 radical (unpaired) electrons. The van der Waals surface area contributed by atoms with Crippen LogP contribution in [0.4, 0.5) is 8.78 Å². The molecule has 0 aliphatic heterocycles. The van der Waals surface area contributed by atoms with E-state index in [-0.39, 0.29) is 5.56 Å². The third kappa shape index (κ3) is 2.92. The van der Waals surface area contributed by atoms with Crippen LogP contribution in [0.15, 0.2) is 28.8 Å². The summed E-state index contributed by atoms with van der Waals surface area (Å²) in [4.78, 5) is 4.06. The van der Waals surface area contributed by atoms with Crippen LogP contribution >= 0.6 is 0 Å². The summed E-state index contributed by atoms with van der Waals surface area (Å²) in [6.45, 7) is 3.64. The smallest absolute Gasteiger partial charge is 0.196 e. The van der Waals surface area contributed by atoms with Gasteiger partial charge in [-0.3, -0.25) is 0 Å². The Kier molecular flexibility index (Phi) is 4.04. The van der Waals surface area contributed by atoms with E-state index in [4.69, 9.17) is 4.42 Å². The summed E-state index contributed by atoms with van der Waals surface area (Å²) in [5, 5.41) is 3.14. The molecule has 5 heteroatoms. The number of hydrogen-bond acceptors (Lipinski definition) is 3. The van der Waals surface area contributed by atoms with Crippen LogP contribution in [0.5, 0.6) is 0 Å². The Morgan fingerprint density at radius 2 is 2.17 bits per heavy atom. The van der Waals surface area contributed by atoms with Crippen molar-refractivity contribution in [3.8, 4) is 11.3 Å². The summed E-state index contributed by atoms with van der Waals surface area (Å²) >= 11 is 0. The van der Waals surface area contributed by atoms with Crippen molar-refractivity contribution in [1.29, 1.82) is 0 Å². The van der Waals surface area contributed by atoms with Gasteiger partial charge in [0.15, 0.2) is 11.7 Å². The predicted octanol–water partition coefficient (Wildman–Crippen LogP) is 2.77. The van der Waals surface area contributed by atoms with Gasteiger partial charge in [0.2, 0.25) is 0 Å². The number of aromatic nitrogens is 1. The number of nitrogens with zero attached hydrogens (tertiary/aromatic N) is 1. The lowest BCUT2D eigenvalue weighted by molar-refractivity contribution is 0.493. The molecule has 1 aromatic heterocycles. The van der Waals surface area contributed by atoms with Gasteiger partial charge in [-0.2, -0.15) is 0 Å². The van der Waals surface area contributed by atoms with Crippen LogP contribution < -0.4 is 5.32 Å². The average Bonchev–Trinajstić information content (AvgIpc) is 2.78. The Hall–Kier alpha value is -1.75. The number of benzene rings is 1. The maximum atomic E-state index is 13.5. The fourth-order valence-electron chi connectivity index (χ4n) is 1.61. The quantitative estimate of drug-likeness (QED) is 0.831. The highest BCUT2D eigenvalue weighted by Gasteiger charge is 2.11. The number of rotatable bonds is 5. The fourth-order valence-corrected chi connectivity index (χ4v) is 1.61. The molecule has 18 heavy (non-hydrogen) atoms. The van der Waals surface area contributed by atoms with Crippen LogP contribution in [-0.4, -0.2) is 18.1 Å². The summed E-state index contributed by atoms with van der Waals surface area (Å²) in [6.07, 6.45) is 2.09. The van der Waals surface area contributed by atoms with Crippen molar-refractivity contribution < 1.29 is 13.2 Å². The normalized spacial score (nSPS) is 10.8. The molecule has 0 amide bonds. The molecule has 0 saturated heterocycles. The van der Waals surface area contributed by atoms with E-state index in [0.717, 1.165) is 19.2 Å². The van der Waals surface area contributed by atoms with Crippen LogP contribution in [0.25, 0.3) is 11.3 Å². The highest BCUT2D eigenvalue weighted by Crippen LogP contribution is 2.24. The van der Waals surface area contributed by atoms with Crippen molar-refractivity contribution in [1.82, 2.24) is 10.3 Å². The summed E-state index contributed by atoms with van der Waals surface area (Å²) in [5.74, 6) is -0.402. The first-order valence-corrected chi connectivity index (χ1v) is 5.81. The van der Waals surface area contributed by atoms with Gasteiger partial charge in [0.1, 0.15) is 11.6 Å². The number of halogens is 2. The van der Waals surface area contributed by atoms with E-state index in [9.17, 15) is 8.78 Å². The standard InChI is InChI=1S/C13H14F2N2O/c1-2-16-6-5-13-17-8-12(18-13)10-4-3-9(14)7-11(10)15/h3-4,7-8,16H,2,5-6H2,1H3. The first kappa shape index (κ1) is 12.7. The zero-order valence-electron chi connectivity index (χ0n) is 10.0.